The van der Waals surface area contributed by atoms with Gasteiger partial charge in [-0.3, -0.25) is 18.8 Å². The molecule has 0 bridgehead atoms. The molecule has 0 spiro atoms. The molecule has 0 amide bonds. The summed E-state index contributed by atoms with van der Waals surface area (Å²) in [6.45, 7) is 33.2. The molecule has 0 fully saturated rings. The zero-order chi connectivity index (χ0) is 53.1. The number of furan rings is 2. The second-order valence-corrected chi connectivity index (χ2v) is 23.1. The zero-order valence-corrected chi connectivity index (χ0v) is 55.1. The van der Waals surface area contributed by atoms with Gasteiger partial charge in [0, 0.05) is 92.8 Å². The van der Waals surface area contributed by atoms with Gasteiger partial charge < -0.3 is 28.4 Å². The van der Waals surface area contributed by atoms with Crippen molar-refractivity contribution in [2.45, 2.75) is 130 Å². The molecule has 12 radical (unpaired) electrons. The van der Waals surface area contributed by atoms with Gasteiger partial charge in [-0.2, -0.15) is 0 Å². The fourth-order valence-electron chi connectivity index (χ4n) is 8.23. The van der Waals surface area contributed by atoms with Gasteiger partial charge in [-0.15, -0.1) is 22.7 Å². The van der Waals surface area contributed by atoms with E-state index < -0.39 is 0 Å². The third-order valence-corrected chi connectivity index (χ3v) is 19.5. The third-order valence-electron chi connectivity index (χ3n) is 11.1. The highest BCUT2D eigenvalue weighted by molar-refractivity contribution is 8.05. The number of thioether (sulfide) groups is 4. The maximum absolute atomic E-state index is 5.87. The Morgan fingerprint density at radius 3 is 1.25 bits per heavy atom. The Bertz CT molecular complexity index is 3030. The van der Waals surface area contributed by atoms with E-state index in [2.05, 4.69) is 176 Å². The van der Waals surface area contributed by atoms with Crippen LogP contribution in [0.25, 0.3) is 42.1 Å². The van der Waals surface area contributed by atoms with Crippen molar-refractivity contribution in [3.05, 3.63) is 139 Å². The average molecular weight is 1200 g/mol. The van der Waals surface area contributed by atoms with Gasteiger partial charge in [-0.05, 0) is 126 Å². The van der Waals surface area contributed by atoms with Crippen LogP contribution in [0.15, 0.2) is 167 Å². The molecule has 0 aliphatic carbocycles. The van der Waals surface area contributed by atoms with E-state index in [0.717, 1.165) is 22.1 Å². The normalized spacial score (nSPS) is 12.1. The molecule has 4 aliphatic rings. The van der Waals surface area contributed by atoms with Gasteiger partial charge in [0.1, 0.15) is 21.9 Å². The number of thiophene rings is 2. The van der Waals surface area contributed by atoms with Crippen molar-refractivity contribution in [1.82, 2.24) is 0 Å². The molecule has 8 heterocycles. The van der Waals surface area contributed by atoms with Crippen molar-refractivity contribution in [3.8, 4) is 0 Å². The summed E-state index contributed by atoms with van der Waals surface area (Å²) < 4.78 is 15.9. The topological polar surface area (TPSA) is 39.2 Å². The lowest BCUT2D eigenvalue weighted by Gasteiger charge is -2.15. The molecule has 0 unspecified atom stereocenters. The molecule has 12 rings (SSSR count). The molecule has 4 aromatic heterocycles. The first kappa shape index (κ1) is 81.9. The second kappa shape index (κ2) is 37.5. The number of allylic oxidation sites excluding steroid dienone is 4. The van der Waals surface area contributed by atoms with Crippen molar-refractivity contribution >= 4 is 168 Å². The summed E-state index contributed by atoms with van der Waals surface area (Å²) in [7, 11) is 8.49. The monoisotopic (exact) mass is 1200 g/mol. The van der Waals surface area contributed by atoms with Gasteiger partial charge in [0.25, 0.3) is 0 Å². The highest BCUT2D eigenvalue weighted by atomic mass is 32.2. The molecule has 428 valence electrons. The van der Waals surface area contributed by atoms with Crippen LogP contribution in [0.2, 0.25) is 0 Å². The number of anilines is 4. The van der Waals surface area contributed by atoms with E-state index in [9.17, 15) is 0 Å². The number of para-hydroxylation sites is 2. The molecule has 80 heavy (non-hydrogen) atoms. The maximum Gasteiger partial charge on any atom is 0.215 e. The van der Waals surface area contributed by atoms with Gasteiger partial charge in [0.05, 0.1) is 39.8 Å². The molecule has 8 aromatic rings. The Kier molecular flexibility index (Phi) is 38.4. The number of hydrogen-bond acceptors (Lipinski definition) is 12. The largest absolute Gasteiger partial charge is 0.447 e. The van der Waals surface area contributed by atoms with Gasteiger partial charge in [0.15, 0.2) is 5.09 Å². The minimum atomic E-state index is 0. The maximum atomic E-state index is 5.87. The van der Waals surface area contributed by atoms with Crippen LogP contribution in [0.3, 0.4) is 0 Å². The number of hydrogen-bond donors (Lipinski definition) is 0. The van der Waals surface area contributed by atoms with Crippen molar-refractivity contribution in [2.75, 3.05) is 47.8 Å². The highest BCUT2D eigenvalue weighted by Gasteiger charge is 2.32. The Morgan fingerprint density at radius 2 is 0.738 bits per heavy atom. The number of rotatable bonds is 0. The molecule has 0 saturated carbocycles. The quantitative estimate of drug-likeness (QED) is 0.108. The van der Waals surface area contributed by atoms with E-state index in [1.54, 1.807) is 23.5 Å². The molecule has 0 saturated heterocycles. The SMILES string of the molecule is CC.CC.CC.CC.CC(C)=C1Sc2c(oc3ccccc23)N1C.CC(C)=C1Sc2c(sc3ccccc23)N1C.CC(C)=C1Sc2oc3ccccc3c2N1C.CC(C)=C1Sc2sc3ccccc3c2N1C.F.F.F.F.[B].[B].[B].[B]. The number of halogens is 4. The summed E-state index contributed by atoms with van der Waals surface area (Å²) in [5, 5.41) is 12.9. The Labute approximate surface area is 508 Å². The summed E-state index contributed by atoms with van der Waals surface area (Å²) in [6.07, 6.45) is 0. The fourth-order valence-corrected chi connectivity index (χ4v) is 15.6. The Balaban J connectivity index is -0.000000447. The van der Waals surface area contributed by atoms with E-state index >= 15 is 0 Å². The Hall–Kier alpha value is -4.58. The van der Waals surface area contributed by atoms with Gasteiger partial charge >= 0.3 is 0 Å². The molecular weight excluding hydrogens is 1120 g/mol. The minimum Gasteiger partial charge on any atom is -0.447 e. The van der Waals surface area contributed by atoms with Crippen LogP contribution in [0, 0.1) is 0 Å². The first-order chi connectivity index (χ1) is 34.7. The lowest BCUT2D eigenvalue weighted by molar-refractivity contribution is 0.519. The molecular formula is C60H80B4F4N4O2S6. The standard InChI is InChI=1S/2C13H13NOS.2C13H13NS2.4C2H6.4B.4FH/c1-8(2)13-14(3)12-11(16-13)9-6-4-5-7-10(9)15-12;1-8(2)12-14(3)11-9-6-4-5-7-10(9)15-13(11)16-12;1-8(2)12-14(3)13-11(16-12)9-6-4-5-7-10(9)15-13;1-8(2)12-14(3)11-9-6-4-5-7-10(9)15-13(11)16-12;4*1-2;;;;;;;;/h4*4-7H,1-3H3;4*1-2H3;;;;;4*1H. The van der Waals surface area contributed by atoms with Crippen LogP contribution >= 0.6 is 69.7 Å². The zero-order valence-electron chi connectivity index (χ0n) is 50.2. The van der Waals surface area contributed by atoms with Crippen molar-refractivity contribution < 1.29 is 27.7 Å². The van der Waals surface area contributed by atoms with E-state index in [4.69, 9.17) is 8.83 Å². The van der Waals surface area contributed by atoms with Crippen LogP contribution in [0.4, 0.5) is 41.1 Å². The summed E-state index contributed by atoms with van der Waals surface area (Å²) in [5.74, 6) is 0.974. The number of fused-ring (bicyclic) bond motifs is 12. The fraction of sp³-hybridized carbons (Fsp3) is 0.333. The van der Waals surface area contributed by atoms with Crippen LogP contribution in [0.5, 0.6) is 0 Å². The smallest absolute Gasteiger partial charge is 0.215 e. The van der Waals surface area contributed by atoms with Gasteiger partial charge in [-0.1, -0.05) is 151 Å². The molecule has 4 aliphatic heterocycles. The van der Waals surface area contributed by atoms with Crippen molar-refractivity contribution in [3.63, 3.8) is 0 Å². The van der Waals surface area contributed by atoms with E-state index in [1.165, 1.54) is 104 Å². The molecule has 6 nitrogen and oxygen atoms in total. The van der Waals surface area contributed by atoms with Gasteiger partial charge in [-0.25, -0.2) is 0 Å². The first-order valence-corrected chi connectivity index (χ1v) is 30.1. The van der Waals surface area contributed by atoms with Gasteiger partial charge in [0.2, 0.25) is 5.88 Å². The molecule has 0 N–H and O–H groups in total. The lowest BCUT2D eigenvalue weighted by atomic mass is 10.2. The number of nitrogens with zero attached hydrogens (tertiary/aromatic N) is 4. The van der Waals surface area contributed by atoms with E-state index in [-0.39, 0.29) is 52.5 Å². The Morgan fingerprint density at radius 1 is 0.362 bits per heavy atom. The predicted octanol–water partition coefficient (Wildman–Crippen LogP) is 21.0. The first-order valence-electron chi connectivity index (χ1n) is 25.2. The molecule has 20 heteroatoms. The summed E-state index contributed by atoms with van der Waals surface area (Å²) in [4.78, 5) is 11.7. The molecule has 0 atom stereocenters. The molecule has 4 aromatic carbocycles. The van der Waals surface area contributed by atoms with Crippen LogP contribution in [-0.4, -0.2) is 61.8 Å². The van der Waals surface area contributed by atoms with E-state index in [0.29, 0.717) is 0 Å². The summed E-state index contributed by atoms with van der Waals surface area (Å²) in [5.41, 5.74) is 9.96. The third kappa shape index (κ3) is 16.8. The van der Waals surface area contributed by atoms with Crippen LogP contribution in [0.1, 0.15) is 111 Å². The number of benzene rings is 4. The second-order valence-electron chi connectivity index (χ2n) is 16.8. The van der Waals surface area contributed by atoms with Crippen molar-refractivity contribution in [2.24, 2.45) is 0 Å². The highest BCUT2D eigenvalue weighted by Crippen LogP contribution is 2.56. The predicted molar refractivity (Wildman–Crippen MR) is 365 cm³/mol. The minimum absolute atomic E-state index is 0. The van der Waals surface area contributed by atoms with Crippen LogP contribution < -0.4 is 19.6 Å². The van der Waals surface area contributed by atoms with Crippen LogP contribution in [-0.2, 0) is 0 Å². The van der Waals surface area contributed by atoms with Crippen molar-refractivity contribution in [1.29, 1.82) is 0 Å². The van der Waals surface area contributed by atoms with E-state index in [1.807, 2.05) is 126 Å². The lowest BCUT2D eigenvalue weighted by Crippen LogP contribution is -2.10. The summed E-state index contributed by atoms with van der Waals surface area (Å²) >= 11 is 11.1. The summed E-state index contributed by atoms with van der Waals surface area (Å²) in [6, 6.07) is 33.7. The average Bonchev–Trinajstić information content (AvgIpc) is 4.28.